The number of carbonyl (C=O) groups is 2. The van der Waals surface area contributed by atoms with E-state index >= 15 is 0 Å². The molecule has 2 aliphatic heterocycles. The molecule has 12 heteroatoms. The first-order chi connectivity index (χ1) is 27.9. The minimum Gasteiger partial charge on any atom is -0.497 e. The predicted molar refractivity (Wildman–Crippen MR) is 221 cm³/mol. The number of esters is 1. The van der Waals surface area contributed by atoms with Gasteiger partial charge in [0.1, 0.15) is 5.75 Å². The molecule has 0 unspecified atom stereocenters. The summed E-state index contributed by atoms with van der Waals surface area (Å²) in [6.45, 7) is 7.28. The van der Waals surface area contributed by atoms with Gasteiger partial charge in [-0.1, -0.05) is 122 Å². The highest BCUT2D eigenvalue weighted by molar-refractivity contribution is 5.80. The van der Waals surface area contributed by atoms with E-state index in [-0.39, 0.29) is 43.8 Å². The van der Waals surface area contributed by atoms with Crippen molar-refractivity contribution in [2.45, 2.75) is 141 Å². The SMILES string of the molecule is CCCCN(CCCC)C(=O)CN1C[C@H](c2ccc3c(c2)OCO3)[C@@H](C(=O)OCCCCCCCCCCCCCCCCO[N+](=O)[O-])[C@@H]1c1ccc(OC)cc1. The normalized spacial score (nSPS) is 17.4. The molecule has 2 aliphatic rings. The van der Waals surface area contributed by atoms with Crippen molar-refractivity contribution >= 4 is 11.9 Å². The largest absolute Gasteiger partial charge is 0.497 e. The van der Waals surface area contributed by atoms with Crippen LogP contribution in [-0.4, -0.2) is 80.1 Å². The topological polar surface area (TPSA) is 130 Å². The molecule has 0 radical (unpaired) electrons. The lowest BCUT2D eigenvalue weighted by Crippen LogP contribution is -2.42. The first-order valence-electron chi connectivity index (χ1n) is 21.9. The molecule has 57 heavy (non-hydrogen) atoms. The van der Waals surface area contributed by atoms with Crippen molar-refractivity contribution in [2.75, 3.05) is 53.3 Å². The average Bonchev–Trinajstić information content (AvgIpc) is 3.85. The van der Waals surface area contributed by atoms with Gasteiger partial charge in [-0.05, 0) is 61.1 Å². The van der Waals surface area contributed by atoms with Crippen LogP contribution in [-0.2, 0) is 19.2 Å². The van der Waals surface area contributed by atoms with E-state index in [1.54, 1.807) is 7.11 Å². The number of hydrogen-bond acceptors (Lipinski definition) is 10. The molecule has 318 valence electrons. The first-order valence-corrected chi connectivity index (χ1v) is 21.9. The summed E-state index contributed by atoms with van der Waals surface area (Å²) in [5.41, 5.74) is 1.93. The highest BCUT2D eigenvalue weighted by Gasteiger charge is 2.49. The number of fused-ring (bicyclic) bond motifs is 1. The van der Waals surface area contributed by atoms with Crippen molar-refractivity contribution in [3.8, 4) is 17.2 Å². The predicted octanol–water partition coefficient (Wildman–Crippen LogP) is 9.82. The van der Waals surface area contributed by atoms with Gasteiger partial charge in [0.25, 0.3) is 5.09 Å². The number of ether oxygens (including phenoxy) is 4. The molecule has 0 N–H and O–H groups in total. The third-order valence-electron chi connectivity index (χ3n) is 11.4. The standard InChI is InChI=1S/C45H69N3O9/c1-4-6-28-46(29-7-5-2)42(49)34-47-33-39(37-24-27-40-41(32-37)56-35-55-40)43(44(47)36-22-25-38(53-3)26-23-36)45(50)54-30-20-18-16-14-12-10-8-9-11-13-15-17-19-21-31-57-48(51)52/h22-27,32,39,43-44H,4-21,28-31,33-35H2,1-3H3/t39-,43-,44+/m1/s1. The molecule has 1 amide bonds. The summed E-state index contributed by atoms with van der Waals surface area (Å²) in [7, 11) is 1.64. The van der Waals surface area contributed by atoms with Gasteiger partial charge in [-0.25, -0.2) is 0 Å². The van der Waals surface area contributed by atoms with Gasteiger partial charge < -0.3 is 28.7 Å². The summed E-state index contributed by atoms with van der Waals surface area (Å²) in [5.74, 6) is 1.23. The van der Waals surface area contributed by atoms with Gasteiger partial charge in [0, 0.05) is 31.6 Å². The van der Waals surface area contributed by atoms with E-state index in [2.05, 4.69) is 23.6 Å². The van der Waals surface area contributed by atoms with Gasteiger partial charge in [0.05, 0.1) is 32.8 Å². The average molecular weight is 796 g/mol. The maximum atomic E-state index is 14.3. The summed E-state index contributed by atoms with van der Waals surface area (Å²) in [4.78, 5) is 47.1. The Kier molecular flexibility index (Phi) is 20.9. The Balaban J connectivity index is 1.31. The van der Waals surface area contributed by atoms with Crippen LogP contribution < -0.4 is 14.2 Å². The molecular formula is C45H69N3O9. The molecule has 0 bridgehead atoms. The van der Waals surface area contributed by atoms with Gasteiger partial charge in [-0.15, -0.1) is 10.1 Å². The Labute approximate surface area is 341 Å². The third kappa shape index (κ3) is 15.3. The van der Waals surface area contributed by atoms with Crippen molar-refractivity contribution < 1.29 is 38.5 Å². The number of amides is 1. The Bertz CT molecular complexity index is 1460. The molecule has 0 saturated carbocycles. The lowest BCUT2D eigenvalue weighted by atomic mass is 9.82. The summed E-state index contributed by atoms with van der Waals surface area (Å²) in [5, 5.41) is 9.47. The minimum absolute atomic E-state index is 0.0984. The van der Waals surface area contributed by atoms with Crippen LogP contribution in [0, 0.1) is 16.0 Å². The number of likely N-dealkylation sites (tertiary alicyclic amines) is 1. The zero-order valence-electron chi connectivity index (χ0n) is 35.0. The summed E-state index contributed by atoms with van der Waals surface area (Å²) >= 11 is 0. The van der Waals surface area contributed by atoms with Gasteiger partial charge in [0.2, 0.25) is 12.7 Å². The molecule has 0 spiro atoms. The lowest BCUT2D eigenvalue weighted by Gasteiger charge is -2.30. The third-order valence-corrected chi connectivity index (χ3v) is 11.4. The van der Waals surface area contributed by atoms with Crippen LogP contribution in [0.15, 0.2) is 42.5 Å². The maximum Gasteiger partial charge on any atom is 0.311 e. The van der Waals surface area contributed by atoms with E-state index in [1.807, 2.05) is 47.4 Å². The highest BCUT2D eigenvalue weighted by Crippen LogP contribution is 2.48. The lowest BCUT2D eigenvalue weighted by molar-refractivity contribution is -0.757. The number of rotatable bonds is 30. The number of carbonyl (C=O) groups excluding carboxylic acids is 2. The van der Waals surface area contributed by atoms with Crippen LogP contribution in [0.4, 0.5) is 0 Å². The van der Waals surface area contributed by atoms with Gasteiger partial charge in [-0.3, -0.25) is 14.5 Å². The fraction of sp³-hybridized carbons (Fsp3) is 0.689. The summed E-state index contributed by atoms with van der Waals surface area (Å²) in [6, 6.07) is 13.4. The fourth-order valence-corrected chi connectivity index (χ4v) is 8.13. The van der Waals surface area contributed by atoms with Gasteiger partial charge >= 0.3 is 5.97 Å². The molecule has 1 fully saturated rings. The van der Waals surface area contributed by atoms with E-state index in [0.29, 0.717) is 24.7 Å². The maximum absolute atomic E-state index is 14.3. The van der Waals surface area contributed by atoms with Crippen molar-refractivity contribution in [1.82, 2.24) is 9.80 Å². The van der Waals surface area contributed by atoms with Crippen molar-refractivity contribution in [3.63, 3.8) is 0 Å². The Morgan fingerprint density at radius 3 is 1.86 bits per heavy atom. The highest BCUT2D eigenvalue weighted by atomic mass is 16.9. The summed E-state index contributed by atoms with van der Waals surface area (Å²) < 4.78 is 23.0. The molecule has 3 atom stereocenters. The second-order valence-corrected chi connectivity index (χ2v) is 15.7. The van der Waals surface area contributed by atoms with E-state index < -0.39 is 11.0 Å². The second kappa shape index (κ2) is 26.0. The fourth-order valence-electron chi connectivity index (χ4n) is 8.13. The first kappa shape index (κ1) is 45.6. The number of methoxy groups -OCH3 is 1. The molecule has 0 aromatic heterocycles. The zero-order chi connectivity index (χ0) is 40.7. The van der Waals surface area contributed by atoms with E-state index in [1.165, 1.54) is 51.4 Å². The molecule has 2 aromatic carbocycles. The Morgan fingerprint density at radius 1 is 0.754 bits per heavy atom. The number of hydrogen-bond donors (Lipinski definition) is 0. The smallest absolute Gasteiger partial charge is 0.311 e. The molecule has 2 heterocycles. The van der Waals surface area contributed by atoms with Crippen molar-refractivity contribution in [2.24, 2.45) is 5.92 Å². The molecule has 12 nitrogen and oxygen atoms in total. The second-order valence-electron chi connectivity index (χ2n) is 15.7. The Hall–Kier alpha value is -4.06. The van der Waals surface area contributed by atoms with E-state index in [0.717, 1.165) is 94.2 Å². The molecular weight excluding hydrogens is 727 g/mol. The quantitative estimate of drug-likeness (QED) is 0.0326. The zero-order valence-corrected chi connectivity index (χ0v) is 35.0. The monoisotopic (exact) mass is 796 g/mol. The molecule has 1 saturated heterocycles. The van der Waals surface area contributed by atoms with Crippen LogP contribution in [0.2, 0.25) is 0 Å². The van der Waals surface area contributed by atoms with Crippen LogP contribution in [0.5, 0.6) is 17.2 Å². The van der Waals surface area contributed by atoms with Crippen molar-refractivity contribution in [3.05, 3.63) is 63.7 Å². The number of benzene rings is 2. The van der Waals surface area contributed by atoms with Gasteiger partial charge in [-0.2, -0.15) is 0 Å². The number of nitrogens with zero attached hydrogens (tertiary/aromatic N) is 3. The van der Waals surface area contributed by atoms with Crippen LogP contribution >= 0.6 is 0 Å². The van der Waals surface area contributed by atoms with Crippen LogP contribution in [0.1, 0.15) is 153 Å². The summed E-state index contributed by atoms with van der Waals surface area (Å²) in [6.07, 6.45) is 19.6. The van der Waals surface area contributed by atoms with Crippen LogP contribution in [0.25, 0.3) is 0 Å². The van der Waals surface area contributed by atoms with Crippen LogP contribution in [0.3, 0.4) is 0 Å². The van der Waals surface area contributed by atoms with E-state index in [9.17, 15) is 19.7 Å². The molecule has 4 rings (SSSR count). The van der Waals surface area contributed by atoms with Gasteiger partial charge in [0.15, 0.2) is 11.5 Å². The Morgan fingerprint density at radius 2 is 1.30 bits per heavy atom. The van der Waals surface area contributed by atoms with E-state index in [4.69, 9.17) is 18.9 Å². The minimum atomic E-state index is -0.719. The van der Waals surface area contributed by atoms with Crippen molar-refractivity contribution in [1.29, 1.82) is 0 Å². The number of unbranched alkanes of at least 4 members (excludes halogenated alkanes) is 15. The molecule has 0 aliphatic carbocycles. The molecule has 2 aromatic rings.